The lowest BCUT2D eigenvalue weighted by Gasteiger charge is -2.19. The first-order chi connectivity index (χ1) is 7.70. The van der Waals surface area contributed by atoms with Crippen molar-refractivity contribution in [2.24, 2.45) is 0 Å². The van der Waals surface area contributed by atoms with Gasteiger partial charge in [-0.2, -0.15) is 0 Å². The third-order valence-corrected chi connectivity index (χ3v) is 3.42. The van der Waals surface area contributed by atoms with Gasteiger partial charge in [0.15, 0.2) is 0 Å². The summed E-state index contributed by atoms with van der Waals surface area (Å²) in [7, 11) is -3.13. The Kier molecular flexibility index (Phi) is 4.50. The second-order valence-electron chi connectivity index (χ2n) is 4.56. The van der Waals surface area contributed by atoms with Crippen molar-refractivity contribution in [3.63, 3.8) is 0 Å². The lowest BCUT2D eigenvalue weighted by atomic mass is 10.1. The Morgan fingerprint density at radius 2 is 2.06 bits per heavy atom. The molecule has 1 aromatic rings. The smallest absolute Gasteiger partial charge is 0.209 e. The fraction of sp³-hybridized carbons (Fsp3) is 0.875. The molecule has 1 rings (SSSR count). The van der Waals surface area contributed by atoms with Gasteiger partial charge in [-0.25, -0.2) is 17.8 Å². The summed E-state index contributed by atoms with van der Waals surface area (Å²) in [6.07, 6.45) is 1.14. The van der Waals surface area contributed by atoms with Crippen molar-refractivity contribution < 1.29 is 8.42 Å². The molecule has 1 heterocycles. The molecule has 0 unspecified atom stereocenters. The van der Waals surface area contributed by atoms with Crippen LogP contribution < -0.4 is 4.72 Å². The van der Waals surface area contributed by atoms with Crippen LogP contribution in [-0.4, -0.2) is 47.2 Å². The van der Waals surface area contributed by atoms with Crippen LogP contribution >= 0.6 is 11.8 Å². The van der Waals surface area contributed by atoms with Crippen molar-refractivity contribution in [2.45, 2.75) is 31.5 Å². The molecule has 17 heavy (non-hydrogen) atoms. The van der Waals surface area contributed by atoms with Gasteiger partial charge in [0, 0.05) is 12.3 Å². The van der Waals surface area contributed by atoms with Crippen LogP contribution in [0.25, 0.3) is 0 Å². The maximum absolute atomic E-state index is 10.9. The summed E-state index contributed by atoms with van der Waals surface area (Å²) in [5.41, 5.74) is -0.184. The first-order valence-electron chi connectivity index (χ1n) is 5.06. The second-order valence-corrected chi connectivity index (χ2v) is 7.45. The van der Waals surface area contributed by atoms with E-state index in [1.54, 1.807) is 4.68 Å². The number of thioether (sulfide) groups is 1. The molecule has 0 spiro atoms. The molecule has 1 N–H and O–H groups in total. The van der Waals surface area contributed by atoms with Crippen molar-refractivity contribution >= 4 is 21.8 Å². The SMILES string of the molecule is CC(C)(C)n1nnnc1SCCNS(C)(=O)=O. The molecular formula is C8H17N5O2S2. The average Bonchev–Trinajstić information content (AvgIpc) is 2.58. The first kappa shape index (κ1) is 14.4. The van der Waals surface area contributed by atoms with Crippen LogP contribution in [0.1, 0.15) is 20.8 Å². The van der Waals surface area contributed by atoms with Gasteiger partial charge in [-0.05, 0) is 31.2 Å². The summed E-state index contributed by atoms with van der Waals surface area (Å²) < 4.78 is 25.8. The van der Waals surface area contributed by atoms with Crippen molar-refractivity contribution in [1.82, 2.24) is 24.9 Å². The molecule has 7 nitrogen and oxygen atoms in total. The third-order valence-electron chi connectivity index (χ3n) is 1.77. The molecule has 0 saturated carbocycles. The number of nitrogens with one attached hydrogen (secondary N) is 1. The molecule has 0 amide bonds. The quantitative estimate of drug-likeness (QED) is 0.606. The zero-order valence-corrected chi connectivity index (χ0v) is 12.0. The van der Waals surface area contributed by atoms with Crippen molar-refractivity contribution in [3.05, 3.63) is 0 Å². The van der Waals surface area contributed by atoms with Gasteiger partial charge < -0.3 is 0 Å². The predicted octanol–water partition coefficient (Wildman–Crippen LogP) is 0.0694. The first-order valence-corrected chi connectivity index (χ1v) is 7.94. The summed E-state index contributed by atoms with van der Waals surface area (Å²) >= 11 is 1.42. The van der Waals surface area contributed by atoms with E-state index in [1.165, 1.54) is 11.8 Å². The molecule has 1 aromatic heterocycles. The minimum atomic E-state index is -3.13. The van der Waals surface area contributed by atoms with E-state index in [0.29, 0.717) is 17.5 Å². The number of rotatable bonds is 5. The fourth-order valence-corrected chi connectivity index (χ4v) is 2.58. The second kappa shape index (κ2) is 5.32. The summed E-state index contributed by atoms with van der Waals surface area (Å²) in [5, 5.41) is 12.1. The Morgan fingerprint density at radius 1 is 1.41 bits per heavy atom. The van der Waals surface area contributed by atoms with Crippen molar-refractivity contribution in [2.75, 3.05) is 18.6 Å². The molecule has 0 aromatic carbocycles. The number of nitrogens with zero attached hydrogens (tertiary/aromatic N) is 4. The Balaban J connectivity index is 2.51. The van der Waals surface area contributed by atoms with E-state index in [-0.39, 0.29) is 5.54 Å². The monoisotopic (exact) mass is 279 g/mol. The van der Waals surface area contributed by atoms with E-state index in [9.17, 15) is 8.42 Å². The van der Waals surface area contributed by atoms with Crippen molar-refractivity contribution in [1.29, 1.82) is 0 Å². The number of hydrogen-bond donors (Lipinski definition) is 1. The van der Waals surface area contributed by atoms with Crippen LogP contribution in [0.4, 0.5) is 0 Å². The highest BCUT2D eigenvalue weighted by Gasteiger charge is 2.19. The van der Waals surface area contributed by atoms with E-state index in [2.05, 4.69) is 20.2 Å². The fourth-order valence-electron chi connectivity index (χ4n) is 1.06. The molecule has 0 bridgehead atoms. The topological polar surface area (TPSA) is 89.8 Å². The van der Waals surface area contributed by atoms with Gasteiger partial charge >= 0.3 is 0 Å². The highest BCUT2D eigenvalue weighted by atomic mass is 32.2. The van der Waals surface area contributed by atoms with E-state index in [4.69, 9.17) is 0 Å². The van der Waals surface area contributed by atoms with Crippen LogP contribution in [0, 0.1) is 0 Å². The lowest BCUT2D eigenvalue weighted by molar-refractivity contribution is 0.321. The number of sulfonamides is 1. The van der Waals surface area contributed by atoms with Gasteiger partial charge in [-0.1, -0.05) is 11.8 Å². The van der Waals surface area contributed by atoms with E-state index < -0.39 is 10.0 Å². The molecule has 98 valence electrons. The Bertz CT molecular complexity index is 463. The molecular weight excluding hydrogens is 262 g/mol. The minimum absolute atomic E-state index is 0.184. The largest absolute Gasteiger partial charge is 0.215 e. The molecule has 0 saturated heterocycles. The zero-order valence-electron chi connectivity index (χ0n) is 10.3. The van der Waals surface area contributed by atoms with Crippen LogP contribution in [0.15, 0.2) is 5.16 Å². The van der Waals surface area contributed by atoms with Gasteiger partial charge in [-0.15, -0.1) is 5.10 Å². The van der Waals surface area contributed by atoms with Crippen LogP contribution in [0.5, 0.6) is 0 Å². The van der Waals surface area contributed by atoms with Gasteiger partial charge in [0.25, 0.3) is 0 Å². The standard InChI is InChI=1S/C8H17N5O2S2/c1-8(2,3)13-7(10-11-12-13)16-6-5-9-17(4,14)15/h9H,5-6H2,1-4H3. The van der Waals surface area contributed by atoms with Crippen LogP contribution in [0.3, 0.4) is 0 Å². The summed E-state index contributed by atoms with van der Waals surface area (Å²) in [6, 6.07) is 0. The normalized spacial score (nSPS) is 12.9. The maximum atomic E-state index is 10.9. The highest BCUT2D eigenvalue weighted by molar-refractivity contribution is 7.99. The van der Waals surface area contributed by atoms with Gasteiger partial charge in [0.2, 0.25) is 15.2 Å². The molecule has 0 radical (unpaired) electrons. The molecule has 0 fully saturated rings. The zero-order chi connectivity index (χ0) is 13.1. The molecule has 0 aliphatic rings. The van der Waals surface area contributed by atoms with E-state index >= 15 is 0 Å². The van der Waals surface area contributed by atoms with Gasteiger partial charge in [-0.3, -0.25) is 0 Å². The molecule has 9 heteroatoms. The Labute approximate surface area is 105 Å². The Morgan fingerprint density at radius 3 is 2.59 bits per heavy atom. The molecule has 0 aliphatic carbocycles. The maximum Gasteiger partial charge on any atom is 0.209 e. The predicted molar refractivity (Wildman–Crippen MR) is 66.4 cm³/mol. The molecule has 0 aliphatic heterocycles. The van der Waals surface area contributed by atoms with Crippen LogP contribution in [0.2, 0.25) is 0 Å². The summed E-state index contributed by atoms with van der Waals surface area (Å²) in [5.74, 6) is 0.587. The van der Waals surface area contributed by atoms with Crippen molar-refractivity contribution in [3.8, 4) is 0 Å². The van der Waals surface area contributed by atoms with Gasteiger partial charge in [0.1, 0.15) is 0 Å². The molecule has 0 atom stereocenters. The highest BCUT2D eigenvalue weighted by Crippen LogP contribution is 2.20. The van der Waals surface area contributed by atoms with Crippen LogP contribution in [-0.2, 0) is 15.6 Å². The van der Waals surface area contributed by atoms with E-state index in [1.807, 2.05) is 20.8 Å². The number of hydrogen-bond acceptors (Lipinski definition) is 6. The summed E-state index contributed by atoms with van der Waals surface area (Å²) in [4.78, 5) is 0. The minimum Gasteiger partial charge on any atom is -0.215 e. The Hall–Kier alpha value is -0.670. The lowest BCUT2D eigenvalue weighted by Crippen LogP contribution is -2.26. The average molecular weight is 279 g/mol. The number of tetrazole rings is 1. The van der Waals surface area contributed by atoms with Gasteiger partial charge in [0.05, 0.1) is 11.8 Å². The summed E-state index contributed by atoms with van der Waals surface area (Å²) in [6.45, 7) is 6.37. The number of aromatic nitrogens is 4. The third kappa shape index (κ3) is 5.00. The van der Waals surface area contributed by atoms with E-state index in [0.717, 1.165) is 6.26 Å².